The molecule has 0 radical (unpaired) electrons. The lowest BCUT2D eigenvalue weighted by Crippen LogP contribution is -2.37. The van der Waals surface area contributed by atoms with Crippen molar-refractivity contribution in [1.29, 1.82) is 0 Å². The topological polar surface area (TPSA) is 20.2 Å². The van der Waals surface area contributed by atoms with E-state index >= 15 is 0 Å². The Morgan fingerprint density at radius 2 is 2.33 bits per heavy atom. The van der Waals surface area contributed by atoms with Gasteiger partial charge in [-0.2, -0.15) is 0 Å². The molecule has 0 aromatic carbocycles. The molecule has 1 heteroatoms. The normalized spacial score (nSPS) is 40.5. The summed E-state index contributed by atoms with van der Waals surface area (Å²) in [7, 11) is 0. The van der Waals surface area contributed by atoms with Crippen LogP contribution in [0.2, 0.25) is 0 Å². The van der Waals surface area contributed by atoms with E-state index in [2.05, 4.69) is 25.2 Å². The number of fused-ring (bicyclic) bond motifs is 1. The Morgan fingerprint density at radius 1 is 1.50 bits per heavy atom. The highest BCUT2D eigenvalue weighted by molar-refractivity contribution is 5.32. The molecule has 0 fully saturated rings. The second-order valence-corrected chi connectivity index (χ2v) is 4.11. The van der Waals surface area contributed by atoms with Crippen LogP contribution in [0.25, 0.3) is 0 Å². The first-order chi connectivity index (χ1) is 5.73. The summed E-state index contributed by atoms with van der Waals surface area (Å²) in [4.78, 5) is 0. The minimum atomic E-state index is -0.123. The summed E-state index contributed by atoms with van der Waals surface area (Å²) in [6, 6.07) is 0. The molecule has 2 aliphatic rings. The molecule has 0 aromatic heterocycles. The van der Waals surface area contributed by atoms with Crippen molar-refractivity contribution in [2.75, 3.05) is 0 Å². The van der Waals surface area contributed by atoms with E-state index in [9.17, 15) is 5.11 Å². The molecule has 2 rings (SSSR count). The molecule has 0 heterocycles. The van der Waals surface area contributed by atoms with Crippen molar-refractivity contribution >= 4 is 0 Å². The van der Waals surface area contributed by atoms with Gasteiger partial charge in [0.2, 0.25) is 0 Å². The van der Waals surface area contributed by atoms with Crippen LogP contribution in [-0.2, 0) is 0 Å². The van der Waals surface area contributed by atoms with Gasteiger partial charge in [-0.1, -0.05) is 25.2 Å². The minimum absolute atomic E-state index is 0.0625. The molecule has 0 saturated carbocycles. The van der Waals surface area contributed by atoms with Gasteiger partial charge in [0.25, 0.3) is 0 Å². The van der Waals surface area contributed by atoms with Crippen LogP contribution in [0.5, 0.6) is 0 Å². The second-order valence-electron chi connectivity index (χ2n) is 4.11. The van der Waals surface area contributed by atoms with E-state index < -0.39 is 0 Å². The molecule has 1 N–H and O–H groups in total. The van der Waals surface area contributed by atoms with Gasteiger partial charge in [-0.05, 0) is 31.3 Å². The molecule has 2 unspecified atom stereocenters. The average molecular weight is 164 g/mol. The maximum atomic E-state index is 9.89. The van der Waals surface area contributed by atoms with E-state index in [1.165, 1.54) is 5.57 Å². The third-order valence-corrected chi connectivity index (χ3v) is 3.33. The van der Waals surface area contributed by atoms with Crippen LogP contribution in [0.3, 0.4) is 0 Å². The Morgan fingerprint density at radius 3 is 3.08 bits per heavy atom. The zero-order valence-electron chi connectivity index (χ0n) is 7.59. The number of allylic oxidation sites excluding steroid dienone is 3. The molecule has 0 aromatic rings. The Labute approximate surface area is 73.8 Å². The number of rotatable bonds is 0. The molecule has 0 amide bonds. The predicted octanol–water partition coefficient (Wildman–Crippen LogP) is 2.42. The summed E-state index contributed by atoms with van der Waals surface area (Å²) in [5.41, 5.74) is 1.42. The maximum absolute atomic E-state index is 9.89. The van der Waals surface area contributed by atoms with Crippen LogP contribution in [0.15, 0.2) is 23.8 Å². The number of aliphatic hydroxyl groups is 1. The fraction of sp³-hybridized carbons (Fsp3) is 0.636. The highest BCUT2D eigenvalue weighted by Crippen LogP contribution is 2.44. The summed E-state index contributed by atoms with van der Waals surface area (Å²) < 4.78 is 0. The molecule has 12 heavy (non-hydrogen) atoms. The first-order valence-electron chi connectivity index (χ1n) is 4.79. The third kappa shape index (κ3) is 1.04. The minimum Gasteiger partial charge on any atom is -0.392 e. The molecule has 2 aliphatic carbocycles. The van der Waals surface area contributed by atoms with Crippen LogP contribution in [0, 0.1) is 5.41 Å². The van der Waals surface area contributed by atoms with Crippen molar-refractivity contribution in [3.8, 4) is 0 Å². The summed E-state index contributed by atoms with van der Waals surface area (Å²) in [5.74, 6) is 0. The molecule has 66 valence electrons. The van der Waals surface area contributed by atoms with Gasteiger partial charge in [-0.3, -0.25) is 0 Å². The number of aliphatic hydroxyl groups excluding tert-OH is 1. The van der Waals surface area contributed by atoms with Gasteiger partial charge in [0.1, 0.15) is 0 Å². The van der Waals surface area contributed by atoms with Gasteiger partial charge in [0.15, 0.2) is 0 Å². The summed E-state index contributed by atoms with van der Waals surface area (Å²) in [6.45, 7) is 2.19. The summed E-state index contributed by atoms with van der Waals surface area (Å²) in [6.07, 6.45) is 10.8. The van der Waals surface area contributed by atoms with Crippen molar-refractivity contribution in [1.82, 2.24) is 0 Å². The SMILES string of the molecule is CC12CCC=CC1=CCCC2O. The first-order valence-corrected chi connectivity index (χ1v) is 4.79. The first kappa shape index (κ1) is 8.06. The van der Waals surface area contributed by atoms with Crippen molar-refractivity contribution in [3.05, 3.63) is 23.8 Å². The van der Waals surface area contributed by atoms with Gasteiger partial charge in [-0.15, -0.1) is 0 Å². The fourth-order valence-corrected chi connectivity index (χ4v) is 2.30. The lowest BCUT2D eigenvalue weighted by molar-refractivity contribution is 0.0442. The smallest absolute Gasteiger partial charge is 0.0637 e. The molecule has 0 bridgehead atoms. The van der Waals surface area contributed by atoms with E-state index in [1.54, 1.807) is 0 Å². The zero-order chi connectivity index (χ0) is 8.60. The van der Waals surface area contributed by atoms with Crippen LogP contribution in [0.1, 0.15) is 32.6 Å². The Hall–Kier alpha value is -0.560. The zero-order valence-corrected chi connectivity index (χ0v) is 7.59. The van der Waals surface area contributed by atoms with E-state index in [-0.39, 0.29) is 11.5 Å². The predicted molar refractivity (Wildman–Crippen MR) is 49.8 cm³/mol. The van der Waals surface area contributed by atoms with E-state index in [1.807, 2.05) is 0 Å². The second kappa shape index (κ2) is 2.74. The lowest BCUT2D eigenvalue weighted by atomic mass is 9.67. The monoisotopic (exact) mass is 164 g/mol. The van der Waals surface area contributed by atoms with Gasteiger partial charge in [-0.25, -0.2) is 0 Å². The third-order valence-electron chi connectivity index (χ3n) is 3.33. The van der Waals surface area contributed by atoms with Crippen molar-refractivity contribution in [2.45, 2.75) is 38.7 Å². The molecular weight excluding hydrogens is 148 g/mol. The van der Waals surface area contributed by atoms with Crippen LogP contribution in [0.4, 0.5) is 0 Å². The van der Waals surface area contributed by atoms with Crippen LogP contribution in [-0.4, -0.2) is 11.2 Å². The summed E-state index contributed by atoms with van der Waals surface area (Å²) in [5, 5.41) is 9.89. The Balaban J connectivity index is 2.37. The lowest BCUT2D eigenvalue weighted by Gasteiger charge is -2.40. The molecule has 0 spiro atoms. The standard InChI is InChI=1S/C11H16O/c1-11-8-3-2-5-9(11)6-4-7-10(11)12/h2,5-6,10,12H,3-4,7-8H2,1H3. The average Bonchev–Trinajstić information content (AvgIpc) is 2.07. The molecule has 0 aliphatic heterocycles. The Kier molecular flexibility index (Phi) is 1.84. The highest BCUT2D eigenvalue weighted by Gasteiger charge is 2.37. The molecule has 1 nitrogen and oxygen atoms in total. The Bertz CT molecular complexity index is 239. The number of hydrogen-bond donors (Lipinski definition) is 1. The van der Waals surface area contributed by atoms with E-state index in [0.717, 1.165) is 25.7 Å². The van der Waals surface area contributed by atoms with Gasteiger partial charge < -0.3 is 5.11 Å². The molecular formula is C11H16O. The van der Waals surface area contributed by atoms with Crippen LogP contribution >= 0.6 is 0 Å². The quantitative estimate of drug-likeness (QED) is 0.583. The van der Waals surface area contributed by atoms with Gasteiger partial charge in [0, 0.05) is 5.41 Å². The van der Waals surface area contributed by atoms with Crippen molar-refractivity contribution in [2.24, 2.45) is 5.41 Å². The largest absolute Gasteiger partial charge is 0.392 e. The van der Waals surface area contributed by atoms with Crippen LogP contribution < -0.4 is 0 Å². The number of hydrogen-bond acceptors (Lipinski definition) is 1. The van der Waals surface area contributed by atoms with E-state index in [0.29, 0.717) is 0 Å². The van der Waals surface area contributed by atoms with Gasteiger partial charge >= 0.3 is 0 Å². The summed E-state index contributed by atoms with van der Waals surface area (Å²) >= 11 is 0. The molecule has 0 saturated heterocycles. The van der Waals surface area contributed by atoms with Gasteiger partial charge in [0.05, 0.1) is 6.10 Å². The highest BCUT2D eigenvalue weighted by atomic mass is 16.3. The fourth-order valence-electron chi connectivity index (χ4n) is 2.30. The van der Waals surface area contributed by atoms with Crippen molar-refractivity contribution < 1.29 is 5.11 Å². The van der Waals surface area contributed by atoms with E-state index in [4.69, 9.17) is 0 Å². The maximum Gasteiger partial charge on any atom is 0.0637 e. The molecule has 2 atom stereocenters. The van der Waals surface area contributed by atoms with Crippen molar-refractivity contribution in [3.63, 3.8) is 0 Å².